The van der Waals surface area contributed by atoms with E-state index in [1.165, 1.54) is 24.3 Å². The number of hydrogen-bond donors (Lipinski definition) is 2. The minimum absolute atomic E-state index is 0.138. The third-order valence-corrected chi connectivity index (χ3v) is 15.9. The smallest absolute Gasteiger partial charge is 0.164 e. The van der Waals surface area contributed by atoms with Crippen molar-refractivity contribution in [3.63, 3.8) is 0 Å². The Kier molecular flexibility index (Phi) is 14.2. The summed E-state index contributed by atoms with van der Waals surface area (Å²) in [7, 11) is 3.55. The zero-order chi connectivity index (χ0) is 56.7. The number of benzene rings is 4. The van der Waals surface area contributed by atoms with Crippen LogP contribution in [0.15, 0.2) is 85.2 Å². The van der Waals surface area contributed by atoms with Crippen molar-refractivity contribution >= 4 is 43.9 Å². The van der Waals surface area contributed by atoms with Crippen molar-refractivity contribution in [2.24, 2.45) is 25.9 Å². The Bertz CT molecular complexity index is 3720. The summed E-state index contributed by atoms with van der Waals surface area (Å²) in [6, 6.07) is 16.8. The average molecular weight is 1100 g/mol. The topological polar surface area (TPSA) is 156 Å². The fourth-order valence-electron chi connectivity index (χ4n) is 12.0. The van der Waals surface area contributed by atoms with E-state index in [1.807, 2.05) is 35.1 Å². The van der Waals surface area contributed by atoms with Crippen molar-refractivity contribution < 1.29 is 46.0 Å². The van der Waals surface area contributed by atoms with Crippen molar-refractivity contribution in [1.29, 1.82) is 0 Å². The predicted molar refractivity (Wildman–Crippen MR) is 290 cm³/mol. The Morgan fingerprint density at radius 2 is 0.900 bits per heavy atom. The van der Waals surface area contributed by atoms with E-state index in [0.29, 0.717) is 119 Å². The van der Waals surface area contributed by atoms with Gasteiger partial charge in [0.15, 0.2) is 23.3 Å². The maximum absolute atomic E-state index is 15.9. The van der Waals surface area contributed by atoms with Crippen molar-refractivity contribution in [1.82, 2.24) is 49.1 Å². The number of aryl methyl sites for hydroxylation is 4. The Morgan fingerprint density at radius 3 is 1.24 bits per heavy atom. The van der Waals surface area contributed by atoms with Crippen LogP contribution in [0.5, 0.6) is 0 Å². The summed E-state index contributed by atoms with van der Waals surface area (Å²) in [5.74, 6) is -5.16. The number of hydrogen-bond acceptors (Lipinski definition) is 10. The Balaban J connectivity index is 0.000000169. The minimum atomic E-state index is -1.34. The summed E-state index contributed by atoms with van der Waals surface area (Å²) in [6.07, 6.45) is 5.71. The summed E-state index contributed by atoms with van der Waals surface area (Å²) >= 11 is 0. The van der Waals surface area contributed by atoms with E-state index >= 15 is 17.6 Å². The highest BCUT2D eigenvalue weighted by Crippen LogP contribution is 2.46. The number of halogens is 6. The molecule has 10 aromatic rings. The first-order valence-corrected chi connectivity index (χ1v) is 26.6. The third-order valence-electron chi connectivity index (χ3n) is 15.9. The molecule has 0 amide bonds. The molecule has 0 saturated carbocycles. The largest absolute Gasteiger partial charge is 0.386 e. The standard InChI is InChI=1S/2C30H30F3N5O2/c2*1-16-28(37(4)36-35-16)18-12-24-27(34-15-18)25-22(32)13-19(30(2,3)39)14-23(25)38(24)29(17-8-10-40-11-9-17)20-6-5-7-21(31)26(20)33/h2*5-7,12-15,17,29,39H,8-11H2,1-4H3. The Labute approximate surface area is 456 Å². The summed E-state index contributed by atoms with van der Waals surface area (Å²) < 4.78 is 111. The zero-order valence-corrected chi connectivity index (χ0v) is 45.5. The van der Waals surface area contributed by atoms with Gasteiger partial charge in [0.05, 0.1) is 89.9 Å². The normalized spacial score (nSPS) is 15.8. The van der Waals surface area contributed by atoms with Gasteiger partial charge >= 0.3 is 0 Å². The third kappa shape index (κ3) is 9.58. The van der Waals surface area contributed by atoms with Crippen molar-refractivity contribution in [3.05, 3.63) is 154 Å². The van der Waals surface area contributed by atoms with E-state index in [4.69, 9.17) is 19.4 Å². The van der Waals surface area contributed by atoms with Gasteiger partial charge < -0.3 is 28.8 Å². The van der Waals surface area contributed by atoms with Crippen molar-refractivity contribution in [2.45, 2.75) is 90.5 Å². The molecule has 2 aliphatic heterocycles. The van der Waals surface area contributed by atoms with Gasteiger partial charge in [-0.15, -0.1) is 10.2 Å². The second kappa shape index (κ2) is 20.9. The first kappa shape index (κ1) is 54.4. The van der Waals surface area contributed by atoms with E-state index < -0.39 is 58.2 Å². The van der Waals surface area contributed by atoms with Gasteiger partial charge in [-0.2, -0.15) is 0 Å². The summed E-state index contributed by atoms with van der Waals surface area (Å²) in [6.45, 7) is 11.9. The van der Waals surface area contributed by atoms with E-state index in [1.54, 1.807) is 87.8 Å². The number of aliphatic hydroxyl groups is 2. The number of nitrogens with zero attached hydrogens (tertiary/aromatic N) is 10. The molecule has 12 rings (SSSR count). The maximum Gasteiger partial charge on any atom is 0.164 e. The van der Waals surface area contributed by atoms with Crippen molar-refractivity contribution in [2.75, 3.05) is 26.4 Å². The number of aromatic nitrogens is 10. The highest BCUT2D eigenvalue weighted by atomic mass is 19.2. The van der Waals surface area contributed by atoms with Crippen LogP contribution in [0.2, 0.25) is 0 Å². The first-order valence-electron chi connectivity index (χ1n) is 26.6. The molecule has 2 N–H and O–H groups in total. The molecule has 20 heteroatoms. The Hall–Kier alpha value is -7.52. The van der Waals surface area contributed by atoms with E-state index in [-0.39, 0.29) is 33.7 Å². The van der Waals surface area contributed by atoms with E-state index in [0.717, 1.165) is 23.5 Å². The zero-order valence-electron chi connectivity index (χ0n) is 45.5. The highest BCUT2D eigenvalue weighted by Gasteiger charge is 2.37. The quantitative estimate of drug-likeness (QED) is 0.126. The van der Waals surface area contributed by atoms with Crippen LogP contribution in [0.1, 0.15) is 99.1 Å². The molecule has 416 valence electrons. The molecule has 14 nitrogen and oxygen atoms in total. The molecule has 0 bridgehead atoms. The van der Waals surface area contributed by atoms with Gasteiger partial charge in [0, 0.05) is 75.2 Å². The highest BCUT2D eigenvalue weighted by molar-refractivity contribution is 6.08. The molecule has 2 fully saturated rings. The van der Waals surface area contributed by atoms with Gasteiger partial charge in [0.2, 0.25) is 0 Å². The van der Waals surface area contributed by atoms with Crippen molar-refractivity contribution in [3.8, 4) is 22.5 Å². The minimum Gasteiger partial charge on any atom is -0.386 e. The average Bonchev–Trinajstić information content (AvgIpc) is 4.25. The molecule has 8 heterocycles. The fourth-order valence-corrected chi connectivity index (χ4v) is 12.0. The molecular formula is C60H60F6N10O4. The van der Waals surface area contributed by atoms with Crippen LogP contribution < -0.4 is 0 Å². The number of ether oxygens (including phenoxy) is 2. The van der Waals surface area contributed by atoms with Gasteiger partial charge in [-0.25, -0.2) is 35.7 Å². The second-order valence-corrected chi connectivity index (χ2v) is 22.1. The lowest BCUT2D eigenvalue weighted by Gasteiger charge is -2.33. The van der Waals surface area contributed by atoms with Gasteiger partial charge in [-0.1, -0.05) is 34.7 Å². The maximum atomic E-state index is 15.9. The lowest BCUT2D eigenvalue weighted by molar-refractivity contribution is 0.0546. The predicted octanol–water partition coefficient (Wildman–Crippen LogP) is 11.9. The molecular weight excluding hydrogens is 1040 g/mol. The lowest BCUT2D eigenvalue weighted by atomic mass is 9.86. The van der Waals surface area contributed by atoms with Gasteiger partial charge in [0.25, 0.3) is 0 Å². The summed E-state index contributed by atoms with van der Waals surface area (Å²) in [4.78, 5) is 9.39. The Morgan fingerprint density at radius 1 is 0.525 bits per heavy atom. The summed E-state index contributed by atoms with van der Waals surface area (Å²) in [5.41, 5.74) is 5.42. The van der Waals surface area contributed by atoms with Crippen LogP contribution in [0.25, 0.3) is 66.4 Å². The van der Waals surface area contributed by atoms with Gasteiger partial charge in [-0.05, 0) is 139 Å². The number of pyridine rings is 2. The molecule has 0 aliphatic carbocycles. The monoisotopic (exact) mass is 1100 g/mol. The van der Waals surface area contributed by atoms with Crippen LogP contribution in [0.3, 0.4) is 0 Å². The molecule has 0 spiro atoms. The van der Waals surface area contributed by atoms with E-state index in [2.05, 4.69) is 20.6 Å². The van der Waals surface area contributed by atoms with Crippen LogP contribution in [-0.2, 0) is 34.8 Å². The molecule has 2 aliphatic rings. The SMILES string of the molecule is Cc1nnn(C)c1-c1cnc2c3c(F)cc(C(C)(C)O)cc3n(C(c3cccc(F)c3F)C3CCOCC3)c2c1.Cc1nnn(C)c1-c1cnc2c3c(F)cc(C(C)(C)O)cc3n(C(c3cccc(F)c3F)C3CCOCC3)c2c1. The molecule has 80 heavy (non-hydrogen) atoms. The molecule has 0 radical (unpaired) electrons. The van der Waals surface area contributed by atoms with E-state index in [9.17, 15) is 19.0 Å². The molecule has 6 aromatic heterocycles. The first-order chi connectivity index (χ1) is 38.1. The number of fused-ring (bicyclic) bond motifs is 6. The number of rotatable bonds is 10. The molecule has 2 saturated heterocycles. The molecule has 2 unspecified atom stereocenters. The van der Waals surface area contributed by atoms with Gasteiger partial charge in [0.1, 0.15) is 11.6 Å². The molecule has 2 atom stereocenters. The second-order valence-electron chi connectivity index (χ2n) is 22.1. The van der Waals surface area contributed by atoms with Crippen LogP contribution >= 0.6 is 0 Å². The van der Waals surface area contributed by atoms with Crippen LogP contribution in [-0.4, -0.2) is 85.7 Å². The van der Waals surface area contributed by atoms with Crippen LogP contribution in [0, 0.1) is 60.6 Å². The fraction of sp³-hybridized carbons (Fsp3) is 0.367. The van der Waals surface area contributed by atoms with Gasteiger partial charge in [-0.3, -0.25) is 9.97 Å². The molecule has 4 aromatic carbocycles. The van der Waals surface area contributed by atoms with Crippen LogP contribution in [0.4, 0.5) is 26.3 Å². The lowest BCUT2D eigenvalue weighted by Crippen LogP contribution is -2.28. The summed E-state index contributed by atoms with van der Waals surface area (Å²) in [5, 5.41) is 38.7.